The number of aryl methyl sites for hydroxylation is 1. The third-order valence-corrected chi connectivity index (χ3v) is 3.94. The van der Waals surface area contributed by atoms with Gasteiger partial charge in [0.1, 0.15) is 10.8 Å². The fraction of sp³-hybridized carbons (Fsp3) is 0.176. The van der Waals surface area contributed by atoms with Crippen molar-refractivity contribution in [3.8, 4) is 5.69 Å². The molecule has 0 bridgehead atoms. The molecular formula is C17H16ClN5O3. The Labute approximate surface area is 154 Å². The number of hydrogen-bond acceptors (Lipinski definition) is 6. The number of carbonyl (C=O) groups excluding carboxylic acids is 1. The van der Waals surface area contributed by atoms with Gasteiger partial charge in [-0.25, -0.2) is 0 Å². The maximum Gasteiger partial charge on any atom is 0.292 e. The molecule has 0 aliphatic carbocycles. The number of hydrogen-bond donors (Lipinski definition) is 1. The molecule has 0 unspecified atom stereocenters. The van der Waals surface area contributed by atoms with Crippen molar-refractivity contribution in [2.75, 3.05) is 23.8 Å². The van der Waals surface area contributed by atoms with Crippen LogP contribution in [0.2, 0.25) is 5.02 Å². The van der Waals surface area contributed by atoms with E-state index in [0.29, 0.717) is 23.0 Å². The van der Waals surface area contributed by atoms with Gasteiger partial charge in [0.2, 0.25) is 5.91 Å². The van der Waals surface area contributed by atoms with Crippen LogP contribution in [0.3, 0.4) is 0 Å². The summed E-state index contributed by atoms with van der Waals surface area (Å²) in [6, 6.07) is 10.5. The first-order chi connectivity index (χ1) is 12.5. The zero-order chi connectivity index (χ0) is 18.7. The summed E-state index contributed by atoms with van der Waals surface area (Å²) in [6.45, 7) is 1.68. The standard InChI is InChI=1S/C17H16ClN5O3/c1-11-8-14(21-26-11)20-15(24)10-22(2)13-9-19-23(17(25)16(13)18)12-6-4-3-5-7-12/h3-9H,10H2,1-2H3,(H,20,21,24). The van der Waals surface area contributed by atoms with Crippen LogP contribution in [0, 0.1) is 6.92 Å². The number of benzene rings is 1. The van der Waals surface area contributed by atoms with E-state index in [2.05, 4.69) is 15.6 Å². The number of carbonyl (C=O) groups is 1. The lowest BCUT2D eigenvalue weighted by Crippen LogP contribution is -2.32. The van der Waals surface area contributed by atoms with E-state index in [1.165, 1.54) is 15.8 Å². The van der Waals surface area contributed by atoms with Crippen LogP contribution in [0.4, 0.5) is 11.5 Å². The van der Waals surface area contributed by atoms with Gasteiger partial charge in [-0.3, -0.25) is 9.59 Å². The molecule has 8 nitrogen and oxygen atoms in total. The molecule has 0 fully saturated rings. The molecule has 0 aliphatic rings. The van der Waals surface area contributed by atoms with Crippen LogP contribution in [-0.2, 0) is 4.79 Å². The molecule has 0 saturated carbocycles. The van der Waals surface area contributed by atoms with Crippen molar-refractivity contribution in [1.82, 2.24) is 14.9 Å². The molecule has 0 saturated heterocycles. The number of halogens is 1. The summed E-state index contributed by atoms with van der Waals surface area (Å²) in [5.74, 6) is 0.583. The maximum atomic E-state index is 12.5. The highest BCUT2D eigenvalue weighted by Gasteiger charge is 2.16. The lowest BCUT2D eigenvalue weighted by atomic mass is 10.3. The van der Waals surface area contributed by atoms with Gasteiger partial charge in [0.05, 0.1) is 24.1 Å². The summed E-state index contributed by atoms with van der Waals surface area (Å²) >= 11 is 6.22. The van der Waals surface area contributed by atoms with Crippen LogP contribution in [0.25, 0.3) is 5.69 Å². The Morgan fingerprint density at radius 2 is 2.08 bits per heavy atom. The van der Waals surface area contributed by atoms with Gasteiger partial charge in [-0.1, -0.05) is 35.0 Å². The van der Waals surface area contributed by atoms with E-state index in [0.717, 1.165) is 0 Å². The van der Waals surface area contributed by atoms with E-state index < -0.39 is 5.56 Å². The van der Waals surface area contributed by atoms with Crippen molar-refractivity contribution in [2.45, 2.75) is 6.92 Å². The van der Waals surface area contributed by atoms with E-state index in [-0.39, 0.29) is 17.5 Å². The molecule has 3 rings (SSSR count). The predicted molar refractivity (Wildman–Crippen MR) is 98.0 cm³/mol. The molecule has 0 radical (unpaired) electrons. The molecule has 9 heteroatoms. The number of rotatable bonds is 5. The molecular weight excluding hydrogens is 358 g/mol. The number of anilines is 2. The van der Waals surface area contributed by atoms with Crippen molar-refractivity contribution < 1.29 is 9.32 Å². The monoisotopic (exact) mass is 373 g/mol. The van der Waals surface area contributed by atoms with Crippen LogP contribution in [0.5, 0.6) is 0 Å². The molecule has 134 valence electrons. The first-order valence-electron chi connectivity index (χ1n) is 7.73. The van der Waals surface area contributed by atoms with E-state index in [1.807, 2.05) is 6.07 Å². The summed E-state index contributed by atoms with van der Waals surface area (Å²) in [5.41, 5.74) is 0.498. The van der Waals surface area contributed by atoms with Gasteiger partial charge < -0.3 is 14.7 Å². The zero-order valence-electron chi connectivity index (χ0n) is 14.1. The van der Waals surface area contributed by atoms with Gasteiger partial charge in [-0.15, -0.1) is 0 Å². The summed E-state index contributed by atoms with van der Waals surface area (Å²) in [7, 11) is 1.64. The lowest BCUT2D eigenvalue weighted by molar-refractivity contribution is -0.115. The Balaban J connectivity index is 1.77. The summed E-state index contributed by atoms with van der Waals surface area (Å²) in [5, 5.41) is 10.4. The first-order valence-corrected chi connectivity index (χ1v) is 8.11. The largest absolute Gasteiger partial charge is 0.363 e. The van der Waals surface area contributed by atoms with Crippen LogP contribution < -0.4 is 15.8 Å². The van der Waals surface area contributed by atoms with Crippen LogP contribution in [-0.4, -0.2) is 34.4 Å². The highest BCUT2D eigenvalue weighted by Crippen LogP contribution is 2.20. The van der Waals surface area contributed by atoms with E-state index >= 15 is 0 Å². The second kappa shape index (κ2) is 7.40. The van der Waals surface area contributed by atoms with Crippen LogP contribution in [0.1, 0.15) is 5.76 Å². The van der Waals surface area contributed by atoms with Gasteiger partial charge in [-0.05, 0) is 19.1 Å². The van der Waals surface area contributed by atoms with Crippen molar-refractivity contribution in [3.05, 3.63) is 63.7 Å². The number of nitrogens with one attached hydrogen (secondary N) is 1. The summed E-state index contributed by atoms with van der Waals surface area (Å²) in [4.78, 5) is 26.1. The molecule has 1 amide bonds. The van der Waals surface area contributed by atoms with Crippen LogP contribution in [0.15, 0.2) is 51.9 Å². The molecule has 2 aromatic heterocycles. The van der Waals surface area contributed by atoms with Crippen molar-refractivity contribution in [3.63, 3.8) is 0 Å². The van der Waals surface area contributed by atoms with Gasteiger partial charge >= 0.3 is 0 Å². The second-order valence-corrected chi connectivity index (χ2v) is 6.00. The Bertz CT molecular complexity index is 984. The van der Waals surface area contributed by atoms with Gasteiger partial charge in [0, 0.05) is 13.1 Å². The molecule has 26 heavy (non-hydrogen) atoms. The van der Waals surface area contributed by atoms with Gasteiger partial charge in [0.15, 0.2) is 5.82 Å². The first kappa shape index (κ1) is 17.7. The molecule has 2 heterocycles. The van der Waals surface area contributed by atoms with E-state index in [4.69, 9.17) is 16.1 Å². The fourth-order valence-electron chi connectivity index (χ4n) is 2.35. The summed E-state index contributed by atoms with van der Waals surface area (Å²) in [6.07, 6.45) is 1.45. The summed E-state index contributed by atoms with van der Waals surface area (Å²) < 4.78 is 6.10. The Hall–Kier alpha value is -3.13. The predicted octanol–water partition coefficient (Wildman–Crippen LogP) is 2.26. The van der Waals surface area contributed by atoms with E-state index in [9.17, 15) is 9.59 Å². The minimum absolute atomic E-state index is 0.0172. The molecule has 0 atom stereocenters. The van der Waals surface area contributed by atoms with Crippen molar-refractivity contribution in [1.29, 1.82) is 0 Å². The number of aromatic nitrogens is 3. The maximum absolute atomic E-state index is 12.5. The quantitative estimate of drug-likeness (QED) is 0.737. The highest BCUT2D eigenvalue weighted by atomic mass is 35.5. The Morgan fingerprint density at radius 1 is 1.35 bits per heavy atom. The number of likely N-dealkylation sites (N-methyl/N-ethyl adjacent to an activating group) is 1. The third kappa shape index (κ3) is 3.75. The Morgan fingerprint density at radius 3 is 2.73 bits per heavy atom. The molecule has 3 aromatic rings. The van der Waals surface area contributed by atoms with Crippen LogP contribution >= 0.6 is 11.6 Å². The third-order valence-electron chi connectivity index (χ3n) is 3.59. The fourth-order valence-corrected chi connectivity index (χ4v) is 2.62. The Kier molecular flexibility index (Phi) is 5.04. The average Bonchev–Trinajstić information content (AvgIpc) is 3.02. The molecule has 0 spiro atoms. The average molecular weight is 374 g/mol. The topological polar surface area (TPSA) is 93.3 Å². The molecule has 1 N–H and O–H groups in total. The second-order valence-electron chi connectivity index (χ2n) is 5.62. The van der Waals surface area contributed by atoms with Crippen molar-refractivity contribution >= 4 is 29.0 Å². The highest BCUT2D eigenvalue weighted by molar-refractivity contribution is 6.33. The van der Waals surface area contributed by atoms with Gasteiger partial charge in [0.25, 0.3) is 5.56 Å². The minimum Gasteiger partial charge on any atom is -0.363 e. The van der Waals surface area contributed by atoms with Gasteiger partial charge in [-0.2, -0.15) is 9.78 Å². The molecule has 1 aromatic carbocycles. The number of nitrogens with zero attached hydrogens (tertiary/aromatic N) is 4. The lowest BCUT2D eigenvalue weighted by Gasteiger charge is -2.19. The SMILES string of the molecule is Cc1cc(NC(=O)CN(C)c2cnn(-c3ccccc3)c(=O)c2Cl)no1. The van der Waals surface area contributed by atoms with E-state index in [1.54, 1.807) is 44.3 Å². The molecule has 0 aliphatic heterocycles. The number of amides is 1. The normalized spacial score (nSPS) is 10.6. The number of para-hydroxylation sites is 1. The minimum atomic E-state index is -0.463. The smallest absolute Gasteiger partial charge is 0.292 e. The van der Waals surface area contributed by atoms with Crippen molar-refractivity contribution in [2.24, 2.45) is 0 Å². The zero-order valence-corrected chi connectivity index (χ0v) is 14.9.